The van der Waals surface area contributed by atoms with Gasteiger partial charge in [0.15, 0.2) is 0 Å². The third-order valence-corrected chi connectivity index (χ3v) is 1.04. The first-order valence-electron chi connectivity index (χ1n) is 2.92. The van der Waals surface area contributed by atoms with Crippen molar-refractivity contribution in [1.29, 1.82) is 0 Å². The zero-order valence-electron chi connectivity index (χ0n) is 6.05. The van der Waals surface area contributed by atoms with E-state index in [0.717, 1.165) is 5.69 Å². The van der Waals surface area contributed by atoms with Gasteiger partial charge >= 0.3 is 0 Å². The molecule has 0 aliphatic heterocycles. The molecule has 0 radical (unpaired) electrons. The molecule has 1 aromatic rings. The maximum absolute atomic E-state index is 9.54. The highest BCUT2D eigenvalue weighted by atomic mass is 32.2. The molecular formula is C7H9F2NS. The maximum atomic E-state index is 9.54. The maximum Gasteiger partial charge on any atom is 0.255 e. The first kappa shape index (κ1) is 10.2. The predicted molar refractivity (Wildman–Crippen MR) is 45.4 cm³/mol. The molecule has 0 saturated carbocycles. The zero-order valence-corrected chi connectivity index (χ0v) is 6.87. The third-order valence-electron chi connectivity index (χ3n) is 1.04. The lowest BCUT2D eigenvalue weighted by Crippen LogP contribution is -1.82. The molecule has 0 amide bonds. The normalized spacial score (nSPS) is 8.27. The summed E-state index contributed by atoms with van der Waals surface area (Å²) >= 11 is -1.25. The lowest BCUT2D eigenvalue weighted by atomic mass is 10.2. The van der Waals surface area contributed by atoms with Crippen molar-refractivity contribution in [2.45, 2.75) is 6.92 Å². The molecule has 0 spiro atoms. The number of nitrogens with two attached hydrogens (primary N) is 1. The van der Waals surface area contributed by atoms with Crippen LogP contribution in [0, 0.1) is 6.92 Å². The molecule has 0 fully saturated rings. The van der Waals surface area contributed by atoms with Gasteiger partial charge < -0.3 is 5.73 Å². The number of benzene rings is 1. The van der Waals surface area contributed by atoms with Crippen LogP contribution in [0.4, 0.5) is 13.5 Å². The van der Waals surface area contributed by atoms with E-state index < -0.39 is 12.5 Å². The van der Waals surface area contributed by atoms with Crippen LogP contribution in [0.3, 0.4) is 0 Å². The molecule has 11 heavy (non-hydrogen) atoms. The van der Waals surface area contributed by atoms with Crippen LogP contribution in [0.1, 0.15) is 5.56 Å². The molecule has 1 aromatic carbocycles. The fourth-order valence-electron chi connectivity index (χ4n) is 0.670. The lowest BCUT2D eigenvalue weighted by Gasteiger charge is -1.91. The monoisotopic (exact) mass is 177 g/mol. The van der Waals surface area contributed by atoms with Gasteiger partial charge in [-0.3, -0.25) is 0 Å². The average molecular weight is 177 g/mol. The van der Waals surface area contributed by atoms with Gasteiger partial charge in [-0.1, -0.05) is 12.1 Å². The molecule has 0 aromatic heterocycles. The van der Waals surface area contributed by atoms with Crippen molar-refractivity contribution in [2.75, 3.05) is 5.73 Å². The fraction of sp³-hybridized carbons (Fsp3) is 0.143. The molecule has 0 unspecified atom stereocenters. The van der Waals surface area contributed by atoms with E-state index in [1.807, 2.05) is 31.2 Å². The molecule has 1 nitrogen and oxygen atoms in total. The topological polar surface area (TPSA) is 26.0 Å². The highest BCUT2D eigenvalue weighted by Crippen LogP contribution is 2.03. The first-order valence-corrected chi connectivity index (χ1v) is 3.54. The van der Waals surface area contributed by atoms with E-state index in [1.54, 1.807) is 0 Å². The van der Waals surface area contributed by atoms with Crippen molar-refractivity contribution in [3.05, 3.63) is 29.8 Å². The SMILES string of the molecule is Cc1cccc(N)c1.FSF. The summed E-state index contributed by atoms with van der Waals surface area (Å²) in [6.45, 7) is 2.02. The Hall–Kier alpha value is -0.770. The lowest BCUT2D eigenvalue weighted by molar-refractivity contribution is 0.814. The van der Waals surface area contributed by atoms with E-state index in [0.29, 0.717) is 0 Å². The van der Waals surface area contributed by atoms with Gasteiger partial charge in [0, 0.05) is 5.69 Å². The van der Waals surface area contributed by atoms with E-state index in [2.05, 4.69) is 0 Å². The summed E-state index contributed by atoms with van der Waals surface area (Å²) in [4.78, 5) is 0. The Kier molecular flexibility index (Phi) is 5.56. The van der Waals surface area contributed by atoms with Crippen LogP contribution >= 0.6 is 12.5 Å². The van der Waals surface area contributed by atoms with E-state index >= 15 is 0 Å². The van der Waals surface area contributed by atoms with Gasteiger partial charge in [0.25, 0.3) is 12.5 Å². The summed E-state index contributed by atoms with van der Waals surface area (Å²) in [5.74, 6) is 0. The molecule has 62 valence electrons. The molecule has 0 bridgehead atoms. The van der Waals surface area contributed by atoms with E-state index in [-0.39, 0.29) is 0 Å². The molecule has 0 heterocycles. The Balaban J connectivity index is 0.000000292. The standard InChI is InChI=1S/C7H9N.F2S/c1-6-3-2-4-7(8)5-6;1-3-2/h2-5H,8H2,1H3;. The molecule has 4 heteroatoms. The van der Waals surface area contributed by atoms with Crippen LogP contribution in [0.2, 0.25) is 0 Å². The minimum atomic E-state index is -1.25. The third kappa shape index (κ3) is 5.66. The minimum absolute atomic E-state index is 0.838. The van der Waals surface area contributed by atoms with Gasteiger partial charge in [0.2, 0.25) is 0 Å². The predicted octanol–water partition coefficient (Wildman–Crippen LogP) is 3.07. The van der Waals surface area contributed by atoms with Crippen molar-refractivity contribution in [2.24, 2.45) is 0 Å². The Labute approximate surface area is 69.2 Å². The summed E-state index contributed by atoms with van der Waals surface area (Å²) in [7, 11) is 0. The number of hydrogen-bond donors (Lipinski definition) is 1. The molecular weight excluding hydrogens is 168 g/mol. The highest BCUT2D eigenvalue weighted by molar-refractivity contribution is 7.89. The smallest absolute Gasteiger partial charge is 0.255 e. The second-order valence-electron chi connectivity index (χ2n) is 1.97. The summed E-state index contributed by atoms with van der Waals surface area (Å²) < 4.78 is 19.1. The van der Waals surface area contributed by atoms with Crippen LogP contribution < -0.4 is 5.73 Å². The first-order chi connectivity index (χ1) is 5.20. The van der Waals surface area contributed by atoms with Gasteiger partial charge in [0.1, 0.15) is 0 Å². The summed E-state index contributed by atoms with van der Waals surface area (Å²) in [5, 5.41) is 0. The Morgan fingerprint density at radius 2 is 1.91 bits per heavy atom. The molecule has 0 atom stereocenters. The average Bonchev–Trinajstić information content (AvgIpc) is 1.88. The van der Waals surface area contributed by atoms with Crippen LogP contribution in [0.15, 0.2) is 24.3 Å². The number of hydrogen-bond acceptors (Lipinski definition) is 2. The number of rotatable bonds is 0. The number of anilines is 1. The van der Waals surface area contributed by atoms with E-state index in [4.69, 9.17) is 5.73 Å². The second kappa shape index (κ2) is 5.97. The zero-order chi connectivity index (χ0) is 8.69. The van der Waals surface area contributed by atoms with Crippen molar-refractivity contribution in [3.63, 3.8) is 0 Å². The number of halogens is 2. The minimum Gasteiger partial charge on any atom is -0.399 e. The van der Waals surface area contributed by atoms with Crippen molar-refractivity contribution >= 4 is 18.2 Å². The molecule has 0 aliphatic rings. The fourth-order valence-corrected chi connectivity index (χ4v) is 0.670. The van der Waals surface area contributed by atoms with Crippen LogP contribution in [-0.4, -0.2) is 0 Å². The van der Waals surface area contributed by atoms with Gasteiger partial charge in [-0.15, -0.1) is 7.77 Å². The van der Waals surface area contributed by atoms with Gasteiger partial charge in [-0.05, 0) is 24.6 Å². The van der Waals surface area contributed by atoms with E-state index in [9.17, 15) is 7.77 Å². The molecule has 0 aliphatic carbocycles. The molecule has 2 N–H and O–H groups in total. The summed E-state index contributed by atoms with van der Waals surface area (Å²) in [6, 6.07) is 7.80. The second-order valence-corrected chi connectivity index (χ2v) is 2.09. The van der Waals surface area contributed by atoms with Crippen LogP contribution in [-0.2, 0) is 0 Å². The van der Waals surface area contributed by atoms with Crippen LogP contribution in [0.5, 0.6) is 0 Å². The number of aryl methyl sites for hydroxylation is 1. The highest BCUT2D eigenvalue weighted by Gasteiger charge is 1.81. The quantitative estimate of drug-likeness (QED) is 0.616. The van der Waals surface area contributed by atoms with Crippen molar-refractivity contribution in [1.82, 2.24) is 0 Å². The Morgan fingerprint density at radius 1 is 1.36 bits per heavy atom. The Morgan fingerprint density at radius 3 is 2.18 bits per heavy atom. The van der Waals surface area contributed by atoms with Gasteiger partial charge in [-0.25, -0.2) is 0 Å². The molecule has 1 rings (SSSR count). The van der Waals surface area contributed by atoms with Crippen molar-refractivity contribution < 1.29 is 7.77 Å². The van der Waals surface area contributed by atoms with Gasteiger partial charge in [0.05, 0.1) is 0 Å². The van der Waals surface area contributed by atoms with Crippen molar-refractivity contribution in [3.8, 4) is 0 Å². The van der Waals surface area contributed by atoms with E-state index in [1.165, 1.54) is 5.56 Å². The van der Waals surface area contributed by atoms with Crippen LogP contribution in [0.25, 0.3) is 0 Å². The summed E-state index contributed by atoms with van der Waals surface area (Å²) in [5.41, 5.74) is 7.51. The van der Waals surface area contributed by atoms with Gasteiger partial charge in [-0.2, -0.15) is 0 Å². The number of nitrogen functional groups attached to an aromatic ring is 1. The molecule has 0 saturated heterocycles. The summed E-state index contributed by atoms with van der Waals surface area (Å²) in [6.07, 6.45) is 0. The Bertz CT molecular complexity index is 188. The largest absolute Gasteiger partial charge is 0.399 e.